The van der Waals surface area contributed by atoms with E-state index in [4.69, 9.17) is 0 Å². The van der Waals surface area contributed by atoms with E-state index >= 15 is 0 Å². The van der Waals surface area contributed by atoms with Crippen LogP contribution in [0.4, 0.5) is 5.69 Å². The number of likely N-dealkylation sites (tertiary alicyclic amines) is 1. The van der Waals surface area contributed by atoms with Gasteiger partial charge in [0, 0.05) is 30.8 Å². The second-order valence-electron chi connectivity index (χ2n) is 6.36. The first-order valence-corrected chi connectivity index (χ1v) is 8.22. The van der Waals surface area contributed by atoms with Crippen LogP contribution in [0, 0.1) is 16.0 Å². The van der Waals surface area contributed by atoms with Crippen molar-refractivity contribution in [3.05, 3.63) is 39.9 Å². The minimum absolute atomic E-state index is 0.108. The van der Waals surface area contributed by atoms with E-state index in [1.165, 1.54) is 24.3 Å². The van der Waals surface area contributed by atoms with Gasteiger partial charge in [0.15, 0.2) is 0 Å². The topological polar surface area (TPSA) is 92.6 Å². The number of nitro groups is 1. The molecule has 130 valence electrons. The molecule has 1 aromatic carbocycles. The molecule has 24 heavy (non-hydrogen) atoms. The molecule has 2 atom stereocenters. The van der Waals surface area contributed by atoms with Crippen molar-refractivity contribution in [3.63, 3.8) is 0 Å². The van der Waals surface area contributed by atoms with E-state index < -0.39 is 16.9 Å². The van der Waals surface area contributed by atoms with Crippen molar-refractivity contribution in [1.29, 1.82) is 0 Å². The monoisotopic (exact) mass is 333 g/mol. The molecule has 0 aliphatic carbocycles. The van der Waals surface area contributed by atoms with Crippen LogP contribution in [0.5, 0.6) is 0 Å². The van der Waals surface area contributed by atoms with E-state index in [9.17, 15) is 19.7 Å². The number of hydrogen-bond acceptors (Lipinski definition) is 4. The van der Waals surface area contributed by atoms with Gasteiger partial charge in [0.05, 0.1) is 4.92 Å². The van der Waals surface area contributed by atoms with Crippen LogP contribution in [-0.4, -0.2) is 40.8 Å². The van der Waals surface area contributed by atoms with Crippen molar-refractivity contribution < 1.29 is 14.5 Å². The lowest BCUT2D eigenvalue weighted by atomic mass is 10.0. The van der Waals surface area contributed by atoms with Gasteiger partial charge in [-0.3, -0.25) is 19.7 Å². The zero-order valence-electron chi connectivity index (χ0n) is 14.0. The molecule has 1 saturated heterocycles. The zero-order valence-corrected chi connectivity index (χ0v) is 14.0. The Kier molecular flexibility index (Phi) is 5.89. The number of nitrogens with zero attached hydrogens (tertiary/aromatic N) is 2. The van der Waals surface area contributed by atoms with Gasteiger partial charge in [-0.05, 0) is 38.2 Å². The first-order chi connectivity index (χ1) is 11.4. The molecule has 7 heteroatoms. The van der Waals surface area contributed by atoms with Crippen LogP contribution < -0.4 is 5.32 Å². The summed E-state index contributed by atoms with van der Waals surface area (Å²) < 4.78 is 0. The summed E-state index contributed by atoms with van der Waals surface area (Å²) in [6.07, 6.45) is 3.05. The van der Waals surface area contributed by atoms with Crippen LogP contribution in [-0.2, 0) is 4.79 Å². The molecular weight excluding hydrogens is 310 g/mol. The zero-order chi connectivity index (χ0) is 17.7. The Balaban J connectivity index is 1.99. The Morgan fingerprint density at radius 3 is 2.79 bits per heavy atom. The highest BCUT2D eigenvalue weighted by Gasteiger charge is 2.24. The van der Waals surface area contributed by atoms with E-state index in [-0.39, 0.29) is 17.2 Å². The Bertz CT molecular complexity index is 632. The van der Waals surface area contributed by atoms with E-state index in [1.54, 1.807) is 11.8 Å². The Labute approximate surface area is 141 Å². The number of hydrogen-bond donors (Lipinski definition) is 1. The molecular formula is C17H23N3O4. The quantitative estimate of drug-likeness (QED) is 0.676. The molecule has 0 unspecified atom stereocenters. The Morgan fingerprint density at radius 2 is 2.08 bits per heavy atom. The van der Waals surface area contributed by atoms with E-state index in [0.717, 1.165) is 19.3 Å². The standard InChI is InChI=1S/C17H23N3O4/c1-12-5-4-9-19(10-8-12)17(22)13(2)18-16(21)14-6-3-7-15(11-14)20(23)24/h3,6-7,11-13H,4-5,8-10H2,1-2H3,(H,18,21)/t12-,13-/m0/s1. The molecule has 1 aromatic rings. The number of nitro benzene ring substituents is 1. The molecule has 1 aliphatic heterocycles. The van der Waals surface area contributed by atoms with Crippen LogP contribution in [0.2, 0.25) is 0 Å². The van der Waals surface area contributed by atoms with Gasteiger partial charge in [0.1, 0.15) is 6.04 Å². The number of benzene rings is 1. The van der Waals surface area contributed by atoms with Gasteiger partial charge >= 0.3 is 0 Å². The van der Waals surface area contributed by atoms with E-state index in [2.05, 4.69) is 12.2 Å². The van der Waals surface area contributed by atoms with Crippen molar-refractivity contribution in [2.75, 3.05) is 13.1 Å². The highest BCUT2D eigenvalue weighted by molar-refractivity contribution is 5.97. The number of carbonyl (C=O) groups excluding carboxylic acids is 2. The third kappa shape index (κ3) is 4.53. The molecule has 0 radical (unpaired) electrons. The molecule has 1 heterocycles. The van der Waals surface area contributed by atoms with Gasteiger partial charge < -0.3 is 10.2 Å². The lowest BCUT2D eigenvalue weighted by Crippen LogP contribution is -2.47. The van der Waals surface area contributed by atoms with Gasteiger partial charge in [-0.15, -0.1) is 0 Å². The predicted octanol–water partition coefficient (Wildman–Crippen LogP) is 2.36. The average Bonchev–Trinajstić information content (AvgIpc) is 2.78. The molecule has 0 saturated carbocycles. The molecule has 0 spiro atoms. The lowest BCUT2D eigenvalue weighted by Gasteiger charge is -2.24. The Morgan fingerprint density at radius 1 is 1.33 bits per heavy atom. The molecule has 1 N–H and O–H groups in total. The van der Waals surface area contributed by atoms with Crippen LogP contribution in [0.25, 0.3) is 0 Å². The summed E-state index contributed by atoms with van der Waals surface area (Å²) in [5, 5.41) is 13.4. The van der Waals surface area contributed by atoms with Crippen LogP contribution in [0.3, 0.4) is 0 Å². The lowest BCUT2D eigenvalue weighted by molar-refractivity contribution is -0.384. The second kappa shape index (κ2) is 7.90. The normalized spacial score (nSPS) is 19.2. The third-order valence-corrected chi connectivity index (χ3v) is 4.37. The number of non-ortho nitro benzene ring substituents is 1. The molecule has 0 bridgehead atoms. The predicted molar refractivity (Wildman–Crippen MR) is 89.6 cm³/mol. The summed E-state index contributed by atoms with van der Waals surface area (Å²) in [5.74, 6) is 0.0168. The summed E-state index contributed by atoms with van der Waals surface area (Å²) >= 11 is 0. The fourth-order valence-electron chi connectivity index (χ4n) is 2.86. The number of amides is 2. The third-order valence-electron chi connectivity index (χ3n) is 4.37. The molecule has 7 nitrogen and oxygen atoms in total. The van der Waals surface area contributed by atoms with Crippen LogP contribution in [0.15, 0.2) is 24.3 Å². The van der Waals surface area contributed by atoms with Gasteiger partial charge in [-0.1, -0.05) is 13.0 Å². The highest BCUT2D eigenvalue weighted by Crippen LogP contribution is 2.17. The van der Waals surface area contributed by atoms with E-state index in [1.807, 2.05) is 0 Å². The smallest absolute Gasteiger partial charge is 0.270 e. The summed E-state index contributed by atoms with van der Waals surface area (Å²) in [6, 6.07) is 4.82. The molecule has 2 rings (SSSR count). The first-order valence-electron chi connectivity index (χ1n) is 8.22. The Hall–Kier alpha value is -2.44. The van der Waals surface area contributed by atoms with Crippen LogP contribution >= 0.6 is 0 Å². The molecule has 1 fully saturated rings. The first kappa shape index (κ1) is 17.9. The van der Waals surface area contributed by atoms with Gasteiger partial charge in [0.2, 0.25) is 5.91 Å². The SMILES string of the molecule is C[C@H]1CCCN(C(=O)[C@H](C)NC(=O)c2cccc([N+](=O)[O-])c2)CC1. The van der Waals surface area contributed by atoms with Gasteiger partial charge in [-0.25, -0.2) is 0 Å². The molecule has 0 aromatic heterocycles. The largest absolute Gasteiger partial charge is 0.341 e. The fourth-order valence-corrected chi connectivity index (χ4v) is 2.86. The summed E-state index contributed by atoms with van der Waals surface area (Å²) in [5.41, 5.74) is 0.0245. The van der Waals surface area contributed by atoms with Crippen molar-refractivity contribution in [1.82, 2.24) is 10.2 Å². The number of rotatable bonds is 4. The summed E-state index contributed by atoms with van der Waals surface area (Å²) in [6.45, 7) is 5.24. The minimum atomic E-state index is -0.662. The minimum Gasteiger partial charge on any atom is -0.341 e. The average molecular weight is 333 g/mol. The van der Waals surface area contributed by atoms with Gasteiger partial charge in [0.25, 0.3) is 11.6 Å². The van der Waals surface area contributed by atoms with Gasteiger partial charge in [-0.2, -0.15) is 0 Å². The van der Waals surface area contributed by atoms with E-state index in [0.29, 0.717) is 19.0 Å². The molecule has 1 aliphatic rings. The number of carbonyl (C=O) groups is 2. The van der Waals surface area contributed by atoms with Crippen LogP contribution in [0.1, 0.15) is 43.5 Å². The van der Waals surface area contributed by atoms with Crippen molar-refractivity contribution >= 4 is 17.5 Å². The maximum Gasteiger partial charge on any atom is 0.270 e. The van der Waals surface area contributed by atoms with Crippen molar-refractivity contribution in [2.45, 2.75) is 39.2 Å². The van der Waals surface area contributed by atoms with Crippen molar-refractivity contribution in [2.24, 2.45) is 5.92 Å². The second-order valence-corrected chi connectivity index (χ2v) is 6.36. The fraction of sp³-hybridized carbons (Fsp3) is 0.529. The maximum absolute atomic E-state index is 12.5. The molecule has 2 amide bonds. The summed E-state index contributed by atoms with van der Waals surface area (Å²) in [7, 11) is 0. The maximum atomic E-state index is 12.5. The number of nitrogens with one attached hydrogen (secondary N) is 1. The summed E-state index contributed by atoms with van der Waals surface area (Å²) in [4.78, 5) is 36.8. The van der Waals surface area contributed by atoms with Crippen molar-refractivity contribution in [3.8, 4) is 0 Å². The highest BCUT2D eigenvalue weighted by atomic mass is 16.6.